The first-order valence-corrected chi connectivity index (χ1v) is 11.1. The molecule has 2 aromatic rings. The van der Waals surface area contributed by atoms with Gasteiger partial charge in [-0.05, 0) is 50.6 Å². The third-order valence-electron chi connectivity index (χ3n) is 6.13. The number of aromatic nitrogens is 2. The molecule has 0 saturated carbocycles. The lowest BCUT2D eigenvalue weighted by atomic mass is 9.93. The fourth-order valence-electron chi connectivity index (χ4n) is 4.46. The van der Waals surface area contributed by atoms with Crippen molar-refractivity contribution >= 4 is 12.0 Å². The first kappa shape index (κ1) is 23.3. The van der Waals surface area contributed by atoms with Crippen LogP contribution >= 0.6 is 0 Å². The number of anilines is 1. The summed E-state index contributed by atoms with van der Waals surface area (Å²) >= 11 is 0. The van der Waals surface area contributed by atoms with E-state index in [0.717, 1.165) is 29.0 Å². The van der Waals surface area contributed by atoms with Gasteiger partial charge in [0.15, 0.2) is 0 Å². The Hall–Kier alpha value is -2.88. The van der Waals surface area contributed by atoms with Crippen molar-refractivity contribution < 1.29 is 18.0 Å². The molecule has 2 aliphatic rings. The minimum Gasteiger partial charge on any atom is -0.352 e. The minimum atomic E-state index is -4.36. The Morgan fingerprint density at radius 2 is 1.91 bits per heavy atom. The summed E-state index contributed by atoms with van der Waals surface area (Å²) in [5.41, 5.74) is 1.99. The Morgan fingerprint density at radius 1 is 1.18 bits per heavy atom. The smallest absolute Gasteiger partial charge is 0.352 e. The molecule has 0 aliphatic carbocycles. The van der Waals surface area contributed by atoms with E-state index in [-0.39, 0.29) is 24.0 Å². The lowest BCUT2D eigenvalue weighted by Gasteiger charge is -2.30. The second-order valence-electron chi connectivity index (χ2n) is 9.14. The van der Waals surface area contributed by atoms with Crippen LogP contribution in [-0.2, 0) is 19.1 Å². The third kappa shape index (κ3) is 5.38. The van der Waals surface area contributed by atoms with Crippen LogP contribution in [0.1, 0.15) is 42.1 Å². The van der Waals surface area contributed by atoms with Crippen LogP contribution in [0, 0.1) is 0 Å². The number of nitrogens with one attached hydrogen (secondary N) is 2. The van der Waals surface area contributed by atoms with E-state index in [0.29, 0.717) is 38.5 Å². The quantitative estimate of drug-likeness (QED) is 0.728. The average Bonchev–Trinajstić information content (AvgIpc) is 3.12. The number of fused-ring (bicyclic) bond motifs is 1. The highest BCUT2D eigenvalue weighted by molar-refractivity contribution is 5.75. The maximum Gasteiger partial charge on any atom is 0.416 e. The number of carbonyl (C=O) groups excluding carboxylic acids is 1. The van der Waals surface area contributed by atoms with Gasteiger partial charge < -0.3 is 20.4 Å². The van der Waals surface area contributed by atoms with Gasteiger partial charge in [-0.15, -0.1) is 0 Å². The van der Waals surface area contributed by atoms with Crippen LogP contribution in [-0.4, -0.2) is 64.6 Å². The van der Waals surface area contributed by atoms with E-state index >= 15 is 0 Å². The molecular formula is C23H29F3N6O. The number of likely N-dealkylation sites (N-methyl/N-ethyl adjacent to an activating group) is 1. The van der Waals surface area contributed by atoms with Crippen molar-refractivity contribution in [3.05, 3.63) is 52.8 Å². The lowest BCUT2D eigenvalue weighted by Crippen LogP contribution is -2.49. The predicted molar refractivity (Wildman–Crippen MR) is 119 cm³/mol. The van der Waals surface area contributed by atoms with Crippen molar-refractivity contribution in [1.29, 1.82) is 0 Å². The summed E-state index contributed by atoms with van der Waals surface area (Å²) in [6.07, 6.45) is -1.87. The molecule has 7 nitrogen and oxygen atoms in total. The normalized spacial score (nSPS) is 21.2. The van der Waals surface area contributed by atoms with Crippen LogP contribution in [0.3, 0.4) is 0 Å². The number of hydrogen-bond acceptors (Lipinski definition) is 5. The zero-order valence-electron chi connectivity index (χ0n) is 19.0. The first-order chi connectivity index (χ1) is 15.6. The van der Waals surface area contributed by atoms with Crippen LogP contribution in [0.5, 0.6) is 0 Å². The third-order valence-corrected chi connectivity index (χ3v) is 6.13. The number of carbonyl (C=O) groups is 1. The second-order valence-corrected chi connectivity index (χ2v) is 9.14. The molecule has 0 radical (unpaired) electrons. The van der Waals surface area contributed by atoms with Crippen molar-refractivity contribution in [1.82, 2.24) is 25.1 Å². The molecule has 1 saturated heterocycles. The largest absolute Gasteiger partial charge is 0.416 e. The summed E-state index contributed by atoms with van der Waals surface area (Å²) in [7, 11) is 1.94. The Kier molecular flexibility index (Phi) is 6.47. The molecule has 10 heteroatoms. The van der Waals surface area contributed by atoms with E-state index in [4.69, 9.17) is 0 Å². The Bertz CT molecular complexity index is 995. The van der Waals surface area contributed by atoms with E-state index in [9.17, 15) is 18.0 Å². The number of benzene rings is 1. The Balaban J connectivity index is 1.44. The van der Waals surface area contributed by atoms with Gasteiger partial charge >= 0.3 is 12.2 Å². The summed E-state index contributed by atoms with van der Waals surface area (Å²) in [5, 5.41) is 6.30. The fourth-order valence-corrected chi connectivity index (χ4v) is 4.46. The monoisotopic (exact) mass is 462 g/mol. The van der Waals surface area contributed by atoms with Crippen LogP contribution in [0.15, 0.2) is 30.5 Å². The topological polar surface area (TPSA) is 73.4 Å². The molecule has 1 aromatic heterocycles. The Morgan fingerprint density at radius 3 is 2.58 bits per heavy atom. The minimum absolute atomic E-state index is 0.0810. The van der Waals surface area contributed by atoms with Gasteiger partial charge in [-0.2, -0.15) is 13.2 Å². The summed E-state index contributed by atoms with van der Waals surface area (Å²) in [6.45, 7) is 6.27. The first-order valence-electron chi connectivity index (χ1n) is 11.1. The summed E-state index contributed by atoms with van der Waals surface area (Å²) < 4.78 is 38.8. The van der Waals surface area contributed by atoms with Crippen LogP contribution in [0.4, 0.5) is 23.9 Å². The number of amides is 2. The van der Waals surface area contributed by atoms with E-state index in [1.807, 2.05) is 27.1 Å². The SMILES string of the molecule is CC(C)Nc1ncc2c(n1)CN(C(=O)NC1CN(C)CC1c1ccc(C(F)(F)F)cc1)CC2. The van der Waals surface area contributed by atoms with Crippen molar-refractivity contribution in [3.63, 3.8) is 0 Å². The molecule has 2 atom stereocenters. The molecule has 2 aliphatic heterocycles. The van der Waals surface area contributed by atoms with Crippen LogP contribution in [0.25, 0.3) is 0 Å². The molecule has 0 bridgehead atoms. The summed E-state index contributed by atoms with van der Waals surface area (Å²) in [6, 6.07) is 5.07. The molecule has 4 rings (SSSR count). The number of halogens is 3. The molecule has 2 amide bonds. The molecule has 1 aromatic carbocycles. The van der Waals surface area contributed by atoms with Gasteiger partial charge in [0.2, 0.25) is 5.95 Å². The number of urea groups is 1. The highest BCUT2D eigenvalue weighted by Crippen LogP contribution is 2.32. The van der Waals surface area contributed by atoms with Gasteiger partial charge in [-0.25, -0.2) is 14.8 Å². The molecule has 178 valence electrons. The van der Waals surface area contributed by atoms with Crippen molar-refractivity contribution in [2.45, 2.75) is 51.0 Å². The Labute approximate surface area is 191 Å². The van der Waals surface area contributed by atoms with Crippen molar-refractivity contribution in [2.75, 3.05) is 32.0 Å². The standard InChI is InChI=1S/C23H29F3N6O/c1-14(2)28-21-27-10-16-8-9-32(13-19(16)29-21)22(33)30-20-12-31(3)11-18(20)15-4-6-17(7-5-15)23(24,25)26/h4-7,10,14,18,20H,8-9,11-13H2,1-3H3,(H,30,33)(H,27,28,29). The average molecular weight is 463 g/mol. The number of likely N-dealkylation sites (tertiary alicyclic amines) is 1. The molecule has 2 unspecified atom stereocenters. The second kappa shape index (κ2) is 9.17. The van der Waals surface area contributed by atoms with Crippen LogP contribution < -0.4 is 10.6 Å². The highest BCUT2D eigenvalue weighted by Gasteiger charge is 2.36. The van der Waals surface area contributed by atoms with Crippen molar-refractivity contribution in [3.8, 4) is 0 Å². The summed E-state index contributed by atoms with van der Waals surface area (Å²) in [5.74, 6) is 0.466. The maximum atomic E-state index is 13.1. The number of alkyl halides is 3. The van der Waals surface area contributed by atoms with E-state index in [2.05, 4.69) is 25.5 Å². The van der Waals surface area contributed by atoms with Gasteiger partial charge in [0, 0.05) is 37.8 Å². The molecule has 0 spiro atoms. The van der Waals surface area contributed by atoms with Gasteiger partial charge in [0.25, 0.3) is 0 Å². The molecule has 1 fully saturated rings. The summed E-state index contributed by atoms with van der Waals surface area (Å²) in [4.78, 5) is 25.8. The van der Waals surface area contributed by atoms with E-state index in [1.54, 1.807) is 4.90 Å². The number of rotatable bonds is 4. The molecule has 33 heavy (non-hydrogen) atoms. The van der Waals surface area contributed by atoms with Gasteiger partial charge in [0.05, 0.1) is 23.8 Å². The lowest BCUT2D eigenvalue weighted by molar-refractivity contribution is -0.137. The molecule has 2 N–H and O–H groups in total. The van der Waals surface area contributed by atoms with Gasteiger partial charge in [-0.1, -0.05) is 12.1 Å². The fraction of sp³-hybridized carbons (Fsp3) is 0.522. The van der Waals surface area contributed by atoms with Crippen molar-refractivity contribution in [2.24, 2.45) is 0 Å². The number of nitrogens with zero attached hydrogens (tertiary/aromatic N) is 4. The predicted octanol–water partition coefficient (Wildman–Crippen LogP) is 3.48. The maximum absolute atomic E-state index is 13.1. The zero-order chi connectivity index (χ0) is 23.8. The zero-order valence-corrected chi connectivity index (χ0v) is 19.0. The molecular weight excluding hydrogens is 433 g/mol. The van der Waals surface area contributed by atoms with Crippen LogP contribution in [0.2, 0.25) is 0 Å². The van der Waals surface area contributed by atoms with Gasteiger partial charge in [-0.3, -0.25) is 0 Å². The molecule has 3 heterocycles. The van der Waals surface area contributed by atoms with E-state index in [1.165, 1.54) is 12.1 Å². The van der Waals surface area contributed by atoms with E-state index < -0.39 is 11.7 Å². The number of hydrogen-bond donors (Lipinski definition) is 2. The highest BCUT2D eigenvalue weighted by atomic mass is 19.4. The van der Waals surface area contributed by atoms with Gasteiger partial charge in [0.1, 0.15) is 0 Å².